The molecule has 0 bridgehead atoms. The van der Waals surface area contributed by atoms with Gasteiger partial charge in [-0.15, -0.1) is 10.2 Å². The Morgan fingerprint density at radius 3 is 3.05 bits per heavy atom. The molecule has 0 aromatic carbocycles. The topological polar surface area (TPSA) is 53.7 Å². The van der Waals surface area contributed by atoms with E-state index in [-0.39, 0.29) is 5.91 Å². The molecule has 3 heterocycles. The Hall–Kier alpha value is -1.95. The molecule has 1 aliphatic heterocycles. The summed E-state index contributed by atoms with van der Waals surface area (Å²) in [4.78, 5) is 17.0. The van der Waals surface area contributed by atoms with Gasteiger partial charge in [-0.2, -0.15) is 0 Å². The van der Waals surface area contributed by atoms with Crippen LogP contribution in [0.4, 0.5) is 0 Å². The zero-order valence-electron chi connectivity index (χ0n) is 13.4. The molecule has 22 heavy (non-hydrogen) atoms. The second-order valence-corrected chi connectivity index (χ2v) is 6.41. The fourth-order valence-corrected chi connectivity index (χ4v) is 3.17. The van der Waals surface area contributed by atoms with Gasteiger partial charge in [-0.25, -0.2) is 0 Å². The summed E-state index contributed by atoms with van der Waals surface area (Å²) < 4.78 is 1.77. The van der Waals surface area contributed by atoms with E-state index in [2.05, 4.69) is 28.9 Å². The molecule has 118 valence electrons. The third kappa shape index (κ3) is 2.83. The maximum Gasteiger partial charge on any atom is 0.257 e. The summed E-state index contributed by atoms with van der Waals surface area (Å²) >= 11 is 0. The van der Waals surface area contributed by atoms with Gasteiger partial charge in [-0.3, -0.25) is 9.20 Å². The Balaban J connectivity index is 1.69. The molecule has 3 rings (SSSR count). The van der Waals surface area contributed by atoms with E-state index in [4.69, 9.17) is 0 Å². The first-order valence-corrected chi connectivity index (χ1v) is 7.84. The summed E-state index contributed by atoms with van der Waals surface area (Å²) in [5.74, 6) is 0.565. The van der Waals surface area contributed by atoms with Gasteiger partial charge < -0.3 is 9.80 Å². The first-order chi connectivity index (χ1) is 10.6. The molecular weight excluding hydrogens is 278 g/mol. The SMILES string of the molecule is CC(C)N1CC[C@@H](CN(C)C(=O)c2cccn3cnnc23)C1. The Morgan fingerprint density at radius 1 is 1.50 bits per heavy atom. The molecule has 1 saturated heterocycles. The summed E-state index contributed by atoms with van der Waals surface area (Å²) in [6, 6.07) is 4.25. The highest BCUT2D eigenvalue weighted by Crippen LogP contribution is 2.20. The van der Waals surface area contributed by atoms with Gasteiger partial charge in [0.25, 0.3) is 5.91 Å². The second-order valence-electron chi connectivity index (χ2n) is 6.41. The van der Waals surface area contributed by atoms with Gasteiger partial charge in [-0.05, 0) is 44.9 Å². The van der Waals surface area contributed by atoms with Crippen molar-refractivity contribution in [2.45, 2.75) is 26.3 Å². The maximum atomic E-state index is 12.7. The number of fused-ring (bicyclic) bond motifs is 1. The average molecular weight is 301 g/mol. The van der Waals surface area contributed by atoms with Gasteiger partial charge in [-0.1, -0.05) is 0 Å². The Kier molecular flexibility index (Phi) is 4.11. The minimum Gasteiger partial charge on any atom is -0.341 e. The first kappa shape index (κ1) is 15.0. The number of rotatable bonds is 4. The van der Waals surface area contributed by atoms with Crippen LogP contribution in [0.5, 0.6) is 0 Å². The van der Waals surface area contributed by atoms with E-state index >= 15 is 0 Å². The average Bonchev–Trinajstić information content (AvgIpc) is 3.14. The normalized spacial score (nSPS) is 19.2. The second kappa shape index (κ2) is 6.04. The number of hydrogen-bond acceptors (Lipinski definition) is 4. The Morgan fingerprint density at radius 2 is 2.32 bits per heavy atom. The number of hydrogen-bond donors (Lipinski definition) is 0. The Labute approximate surface area is 130 Å². The predicted octanol–water partition coefficient (Wildman–Crippen LogP) is 1.53. The van der Waals surface area contributed by atoms with Crippen molar-refractivity contribution < 1.29 is 4.79 Å². The molecule has 1 fully saturated rings. The van der Waals surface area contributed by atoms with Crippen LogP contribution in [0.15, 0.2) is 24.7 Å². The number of carbonyl (C=O) groups is 1. The van der Waals surface area contributed by atoms with Gasteiger partial charge in [0.15, 0.2) is 5.65 Å². The van der Waals surface area contributed by atoms with Crippen LogP contribution in [0, 0.1) is 5.92 Å². The van der Waals surface area contributed by atoms with E-state index in [9.17, 15) is 4.79 Å². The molecule has 2 aromatic rings. The molecule has 0 radical (unpaired) electrons. The molecule has 0 saturated carbocycles. The van der Waals surface area contributed by atoms with Crippen LogP contribution < -0.4 is 0 Å². The van der Waals surface area contributed by atoms with E-state index in [1.165, 1.54) is 0 Å². The lowest BCUT2D eigenvalue weighted by Crippen LogP contribution is -2.34. The monoisotopic (exact) mass is 301 g/mol. The van der Waals surface area contributed by atoms with Crippen LogP contribution in [-0.4, -0.2) is 63.0 Å². The van der Waals surface area contributed by atoms with Crippen molar-refractivity contribution >= 4 is 11.6 Å². The van der Waals surface area contributed by atoms with Crippen molar-refractivity contribution in [3.63, 3.8) is 0 Å². The van der Waals surface area contributed by atoms with Crippen molar-refractivity contribution in [2.75, 3.05) is 26.7 Å². The highest BCUT2D eigenvalue weighted by molar-refractivity contribution is 5.99. The van der Waals surface area contributed by atoms with Gasteiger partial charge >= 0.3 is 0 Å². The van der Waals surface area contributed by atoms with Crippen LogP contribution in [0.2, 0.25) is 0 Å². The third-order valence-electron chi connectivity index (χ3n) is 4.48. The summed E-state index contributed by atoms with van der Waals surface area (Å²) in [5.41, 5.74) is 1.23. The van der Waals surface area contributed by atoms with E-state index in [1.807, 2.05) is 30.3 Å². The molecular formula is C16H23N5O. The molecule has 6 heteroatoms. The molecule has 0 unspecified atom stereocenters. The van der Waals surface area contributed by atoms with Crippen LogP contribution in [0.1, 0.15) is 30.6 Å². The first-order valence-electron chi connectivity index (χ1n) is 7.84. The summed E-state index contributed by atoms with van der Waals surface area (Å²) in [6.45, 7) is 7.44. The van der Waals surface area contributed by atoms with Crippen LogP contribution >= 0.6 is 0 Å². The lowest BCUT2D eigenvalue weighted by molar-refractivity contribution is 0.0774. The largest absolute Gasteiger partial charge is 0.341 e. The number of likely N-dealkylation sites (tertiary alicyclic amines) is 1. The van der Waals surface area contributed by atoms with E-state index < -0.39 is 0 Å². The standard InChI is InChI=1S/C16H23N5O/c1-12(2)20-8-6-13(10-20)9-19(3)16(22)14-5-4-7-21-11-17-18-15(14)21/h4-5,7,11-13H,6,8-10H2,1-3H3/t13-/m0/s1. The van der Waals surface area contributed by atoms with Crippen molar-refractivity contribution in [2.24, 2.45) is 5.92 Å². The van der Waals surface area contributed by atoms with Gasteiger partial charge in [0.05, 0.1) is 5.56 Å². The molecule has 0 N–H and O–H groups in total. The highest BCUT2D eigenvalue weighted by atomic mass is 16.2. The number of nitrogens with zero attached hydrogens (tertiary/aromatic N) is 5. The predicted molar refractivity (Wildman–Crippen MR) is 84.8 cm³/mol. The quantitative estimate of drug-likeness (QED) is 0.859. The third-order valence-corrected chi connectivity index (χ3v) is 4.48. The van der Waals surface area contributed by atoms with Crippen LogP contribution in [0.25, 0.3) is 5.65 Å². The van der Waals surface area contributed by atoms with E-state index in [0.29, 0.717) is 23.2 Å². The highest BCUT2D eigenvalue weighted by Gasteiger charge is 2.27. The molecule has 0 spiro atoms. The molecule has 1 aliphatic rings. The minimum atomic E-state index is 0.0154. The summed E-state index contributed by atoms with van der Waals surface area (Å²) in [7, 11) is 1.88. The minimum absolute atomic E-state index is 0.0154. The molecule has 0 aliphatic carbocycles. The van der Waals surface area contributed by atoms with Gasteiger partial charge in [0.2, 0.25) is 0 Å². The van der Waals surface area contributed by atoms with Crippen LogP contribution in [-0.2, 0) is 0 Å². The van der Waals surface area contributed by atoms with Crippen molar-refractivity contribution in [1.29, 1.82) is 0 Å². The molecule has 1 amide bonds. The number of pyridine rings is 1. The molecule has 2 aromatic heterocycles. The number of amides is 1. The van der Waals surface area contributed by atoms with E-state index in [0.717, 1.165) is 26.1 Å². The smallest absolute Gasteiger partial charge is 0.257 e. The van der Waals surface area contributed by atoms with Crippen LogP contribution in [0.3, 0.4) is 0 Å². The maximum absolute atomic E-state index is 12.7. The van der Waals surface area contributed by atoms with E-state index in [1.54, 1.807) is 10.7 Å². The fourth-order valence-electron chi connectivity index (χ4n) is 3.17. The zero-order chi connectivity index (χ0) is 15.7. The molecule has 1 atom stereocenters. The van der Waals surface area contributed by atoms with Crippen molar-refractivity contribution in [3.05, 3.63) is 30.2 Å². The number of carbonyl (C=O) groups excluding carboxylic acids is 1. The number of aromatic nitrogens is 3. The van der Waals surface area contributed by atoms with Crippen molar-refractivity contribution in [3.8, 4) is 0 Å². The fraction of sp³-hybridized carbons (Fsp3) is 0.562. The lowest BCUT2D eigenvalue weighted by Gasteiger charge is -2.23. The summed E-state index contributed by atoms with van der Waals surface area (Å²) in [6.07, 6.45) is 4.62. The molecule has 6 nitrogen and oxygen atoms in total. The summed E-state index contributed by atoms with van der Waals surface area (Å²) in [5, 5.41) is 7.92. The lowest BCUT2D eigenvalue weighted by atomic mass is 10.1. The van der Waals surface area contributed by atoms with Gasteiger partial charge in [0, 0.05) is 32.4 Å². The van der Waals surface area contributed by atoms with Gasteiger partial charge in [0.1, 0.15) is 6.33 Å². The Bertz CT molecular complexity index is 665. The zero-order valence-corrected chi connectivity index (χ0v) is 13.4. The van der Waals surface area contributed by atoms with Crippen molar-refractivity contribution in [1.82, 2.24) is 24.4 Å².